The van der Waals surface area contributed by atoms with Crippen molar-refractivity contribution in [3.63, 3.8) is 0 Å². The van der Waals surface area contributed by atoms with Crippen LogP contribution < -0.4 is 0 Å². The topological polar surface area (TPSA) is 74.6 Å². The molecule has 0 bridgehead atoms. The van der Waals surface area contributed by atoms with Gasteiger partial charge >= 0.3 is 80.8 Å². The fourth-order valence-corrected chi connectivity index (χ4v) is 0.129. The maximum atomic E-state index is 9.43. The third-order valence-electron chi connectivity index (χ3n) is 0.302. The van der Waals surface area contributed by atoms with Crippen LogP contribution in [-0.2, 0) is 9.59 Å². The van der Waals surface area contributed by atoms with Gasteiger partial charge in [-0.05, 0) is 0 Å². The number of hydrogen-bond donors (Lipinski definition) is 2. The first-order valence-electron chi connectivity index (χ1n) is 1.56. The van der Waals surface area contributed by atoms with Crippen LogP contribution in [0.4, 0.5) is 0 Å². The first kappa shape index (κ1) is 11.7. The van der Waals surface area contributed by atoms with E-state index in [1.54, 1.807) is 0 Å². The summed E-state index contributed by atoms with van der Waals surface area (Å²) in [5.41, 5.74) is 0. The number of carboxylic acid groups (broad SMARTS) is 2. The van der Waals surface area contributed by atoms with E-state index in [9.17, 15) is 9.59 Å². The van der Waals surface area contributed by atoms with Crippen LogP contribution in [-0.4, -0.2) is 91.0 Å². The Labute approximate surface area is 105 Å². The molecule has 0 aliphatic heterocycles. The minimum atomic E-state index is -1.31. The summed E-state index contributed by atoms with van der Waals surface area (Å²) in [6, 6.07) is 0. The van der Waals surface area contributed by atoms with Gasteiger partial charge in [0, 0.05) is 0 Å². The Morgan fingerprint density at radius 2 is 1.38 bits per heavy atom. The van der Waals surface area contributed by atoms with E-state index in [-0.39, 0.29) is 68.9 Å². The molecule has 8 heavy (non-hydrogen) atoms. The molecule has 0 atom stereocenters. The molecule has 0 rings (SSSR count). The van der Waals surface area contributed by atoms with Gasteiger partial charge in [0.15, 0.2) is 0 Å². The molecule has 0 aromatic carbocycles. The van der Waals surface area contributed by atoms with E-state index in [0.29, 0.717) is 0 Å². The Morgan fingerprint density at radius 3 is 1.38 bits per heavy atom. The van der Waals surface area contributed by atoms with Gasteiger partial charge in [0.2, 0.25) is 0 Å². The monoisotopic (exact) mass is 238 g/mol. The molecule has 0 unspecified atom stereocenters. The molecule has 4 nitrogen and oxygen atoms in total. The van der Waals surface area contributed by atoms with E-state index < -0.39 is 18.4 Å². The van der Waals surface area contributed by atoms with Crippen LogP contribution in [0.25, 0.3) is 0 Å². The molecule has 2 N–H and O–H groups in total. The van der Waals surface area contributed by atoms with Crippen LogP contribution in [0.2, 0.25) is 0 Å². The van der Waals surface area contributed by atoms with Gasteiger partial charge in [-0.15, -0.1) is 0 Å². The predicted octanol–water partition coefficient (Wildman–Crippen LogP) is -1.10. The van der Waals surface area contributed by atoms with Crippen LogP contribution >= 0.6 is 0 Å². The Bertz CT molecular complexity index is 87.5. The average molecular weight is 238 g/mol. The average Bonchev–Trinajstić information content (AvgIpc) is 1.27. The van der Waals surface area contributed by atoms with Crippen molar-refractivity contribution < 1.29 is 19.8 Å². The van der Waals surface area contributed by atoms with E-state index in [2.05, 4.69) is 0 Å². The number of rotatable bonds is 2. The summed E-state index contributed by atoms with van der Waals surface area (Å²) < 4.78 is 0. The van der Waals surface area contributed by atoms with Gasteiger partial charge in [-0.2, -0.15) is 0 Å². The molecule has 0 heterocycles. The molecule has 0 radical (unpaired) electrons. The van der Waals surface area contributed by atoms with Crippen molar-refractivity contribution in [1.82, 2.24) is 0 Å². The predicted molar refractivity (Wildman–Crippen MR) is 27.0 cm³/mol. The molecular weight excluding hydrogens is 233 g/mol. The number of carbonyl (C=O) groups is 2. The van der Waals surface area contributed by atoms with Crippen molar-refractivity contribution in [1.29, 1.82) is 0 Å². The standard InChI is InChI=1S/C3H4O4.Cs.H/c4-2(5)1-3(6)7;;/h1H2,(H,4,5)(H,6,7);;. The Morgan fingerprint density at radius 1 is 1.12 bits per heavy atom. The summed E-state index contributed by atoms with van der Waals surface area (Å²) in [6.45, 7) is 0. The van der Waals surface area contributed by atoms with Crippen molar-refractivity contribution >= 4 is 80.8 Å². The normalized spacial score (nSPS) is 7.00. The van der Waals surface area contributed by atoms with Gasteiger partial charge in [0.05, 0.1) is 0 Å². The van der Waals surface area contributed by atoms with Gasteiger partial charge in [-0.1, -0.05) is 0 Å². The summed E-state index contributed by atoms with van der Waals surface area (Å²) in [6.07, 6.45) is -0.806. The van der Waals surface area contributed by atoms with Crippen molar-refractivity contribution in [3.05, 3.63) is 0 Å². The summed E-state index contributed by atoms with van der Waals surface area (Å²) in [4.78, 5) is 18.9. The van der Waals surface area contributed by atoms with Gasteiger partial charge in [-0.3, -0.25) is 9.59 Å². The summed E-state index contributed by atoms with van der Waals surface area (Å²) in [5, 5.41) is 15.4. The van der Waals surface area contributed by atoms with Crippen molar-refractivity contribution in [3.8, 4) is 0 Å². The Kier molecular flexibility index (Phi) is 8.98. The zero-order valence-corrected chi connectivity index (χ0v) is 3.42. The third kappa shape index (κ3) is 10.1. The number of carboxylic acids is 2. The second kappa shape index (κ2) is 6.12. The maximum absolute atomic E-state index is 9.43. The third-order valence-corrected chi connectivity index (χ3v) is 0.302. The fourth-order valence-electron chi connectivity index (χ4n) is 0.129. The molecule has 0 spiro atoms. The molecule has 0 aromatic rings. The summed E-state index contributed by atoms with van der Waals surface area (Å²) >= 11 is 0. The summed E-state index contributed by atoms with van der Waals surface area (Å²) in [7, 11) is 0. The van der Waals surface area contributed by atoms with Crippen LogP contribution in [0, 0.1) is 0 Å². The molecule has 0 aromatic heterocycles. The first-order valence-corrected chi connectivity index (χ1v) is 1.56. The molecule has 0 amide bonds. The van der Waals surface area contributed by atoms with E-state index in [4.69, 9.17) is 10.2 Å². The molecule has 5 heteroatoms. The number of hydrogen-bond acceptors (Lipinski definition) is 2. The van der Waals surface area contributed by atoms with Crippen molar-refractivity contribution in [2.24, 2.45) is 0 Å². The molecule has 42 valence electrons. The number of aliphatic carboxylic acids is 2. The second-order valence-electron chi connectivity index (χ2n) is 0.964. The van der Waals surface area contributed by atoms with Gasteiger partial charge in [0.25, 0.3) is 0 Å². The SMILES string of the molecule is O=C(O)CC(=O)O.[CsH]. The molecule has 0 saturated carbocycles. The molecule has 0 fully saturated rings. The van der Waals surface area contributed by atoms with Crippen molar-refractivity contribution in [2.45, 2.75) is 6.42 Å². The van der Waals surface area contributed by atoms with E-state index in [1.807, 2.05) is 0 Å². The summed E-state index contributed by atoms with van der Waals surface area (Å²) in [5.74, 6) is -2.62. The Hall–Kier alpha value is 0.992. The van der Waals surface area contributed by atoms with Crippen LogP contribution in [0.5, 0.6) is 0 Å². The van der Waals surface area contributed by atoms with Crippen LogP contribution in [0.1, 0.15) is 6.42 Å². The first-order chi connectivity index (χ1) is 3.13. The molecule has 0 saturated heterocycles. The zero-order valence-electron chi connectivity index (χ0n) is 3.42. The van der Waals surface area contributed by atoms with Gasteiger partial charge in [-0.25, -0.2) is 0 Å². The Balaban J connectivity index is 0. The minimum absolute atomic E-state index is 0. The molecule has 0 aliphatic rings. The molecular formula is C3H5CsO4. The zero-order chi connectivity index (χ0) is 5.86. The van der Waals surface area contributed by atoms with E-state index >= 15 is 0 Å². The van der Waals surface area contributed by atoms with Gasteiger partial charge < -0.3 is 10.2 Å². The van der Waals surface area contributed by atoms with E-state index in [1.165, 1.54) is 0 Å². The molecule has 0 aliphatic carbocycles. The fraction of sp³-hybridized carbons (Fsp3) is 0.333. The van der Waals surface area contributed by atoms with E-state index in [0.717, 1.165) is 0 Å². The second-order valence-corrected chi connectivity index (χ2v) is 0.964. The van der Waals surface area contributed by atoms with Crippen LogP contribution in [0.15, 0.2) is 0 Å². The van der Waals surface area contributed by atoms with Crippen LogP contribution in [0.3, 0.4) is 0 Å². The van der Waals surface area contributed by atoms with Crippen molar-refractivity contribution in [2.75, 3.05) is 0 Å². The quantitative estimate of drug-likeness (QED) is 0.598. The van der Waals surface area contributed by atoms with Gasteiger partial charge in [0.1, 0.15) is 6.42 Å².